The Hall–Kier alpha value is -2.67. The average molecular weight is 383 g/mol. The van der Waals surface area contributed by atoms with E-state index >= 15 is 0 Å². The van der Waals surface area contributed by atoms with Gasteiger partial charge in [-0.2, -0.15) is 0 Å². The number of carbonyl (C=O) groups excluding carboxylic acids is 1. The van der Waals surface area contributed by atoms with E-state index in [0.29, 0.717) is 5.56 Å². The number of anilines is 1. The molecule has 2 aromatic rings. The van der Waals surface area contributed by atoms with Crippen molar-refractivity contribution in [2.75, 3.05) is 5.32 Å². The van der Waals surface area contributed by atoms with Gasteiger partial charge in [0.1, 0.15) is 11.9 Å². The Morgan fingerprint density at radius 2 is 1.89 bits per heavy atom. The summed E-state index contributed by atoms with van der Waals surface area (Å²) < 4.78 is 26.8. The van der Waals surface area contributed by atoms with Crippen LogP contribution in [0.3, 0.4) is 0 Å². The van der Waals surface area contributed by atoms with E-state index in [1.165, 1.54) is 23.6 Å². The second-order valence-electron chi connectivity index (χ2n) is 6.89. The van der Waals surface area contributed by atoms with Gasteiger partial charge >= 0.3 is 0 Å². The zero-order valence-corrected chi connectivity index (χ0v) is 15.8. The first-order valence-corrected chi connectivity index (χ1v) is 10.6. The third-order valence-corrected chi connectivity index (χ3v) is 6.42. The van der Waals surface area contributed by atoms with Gasteiger partial charge in [0.25, 0.3) is 10.0 Å². The van der Waals surface area contributed by atoms with Crippen molar-refractivity contribution in [2.24, 2.45) is 4.99 Å². The van der Waals surface area contributed by atoms with Gasteiger partial charge < -0.3 is 5.32 Å². The van der Waals surface area contributed by atoms with Crippen LogP contribution in [0.15, 0.2) is 52.4 Å². The summed E-state index contributed by atoms with van der Waals surface area (Å²) in [5.41, 5.74) is 3.81. The van der Waals surface area contributed by atoms with Crippen molar-refractivity contribution >= 4 is 27.5 Å². The molecule has 0 fully saturated rings. The monoisotopic (exact) mass is 383 g/mol. The maximum atomic E-state index is 12.7. The Kier molecular flexibility index (Phi) is 4.47. The van der Waals surface area contributed by atoms with E-state index in [9.17, 15) is 13.2 Å². The Balaban J connectivity index is 1.57. The van der Waals surface area contributed by atoms with Crippen LogP contribution in [0.25, 0.3) is 0 Å². The number of sulfonamides is 1. The number of aliphatic imine (C=N–C) groups is 1. The molecule has 0 spiro atoms. The van der Waals surface area contributed by atoms with Crippen LogP contribution in [-0.4, -0.2) is 26.2 Å². The fraction of sp³-hybridized carbons (Fsp3) is 0.300. The number of nitrogens with one attached hydrogen (secondary N) is 2. The van der Waals surface area contributed by atoms with Gasteiger partial charge in [-0.15, -0.1) is 0 Å². The molecule has 140 valence electrons. The first kappa shape index (κ1) is 17.7. The standard InChI is InChI=1S/C20H21N3O3S/c1-13(21-19-16-10-4-5-12-18(16)27(25,26)23-19)20(24)22-17-11-6-8-14-7-2-3-9-15(14)17/h4-6,8,10-13H,2-3,7,9H2,1H3,(H,21,23)(H,22,24). The molecule has 0 radical (unpaired) electrons. The predicted octanol–water partition coefficient (Wildman–Crippen LogP) is 2.63. The van der Waals surface area contributed by atoms with Crippen molar-refractivity contribution in [2.45, 2.75) is 43.5 Å². The highest BCUT2D eigenvalue weighted by atomic mass is 32.2. The molecule has 1 heterocycles. The minimum atomic E-state index is -3.61. The zero-order valence-electron chi connectivity index (χ0n) is 15.0. The lowest BCUT2D eigenvalue weighted by molar-refractivity contribution is -0.117. The summed E-state index contributed by atoms with van der Waals surface area (Å²) in [4.78, 5) is 17.2. The van der Waals surface area contributed by atoms with Gasteiger partial charge in [-0.25, -0.2) is 8.42 Å². The first-order chi connectivity index (χ1) is 13.0. The van der Waals surface area contributed by atoms with Crippen molar-refractivity contribution < 1.29 is 13.2 Å². The molecule has 27 heavy (non-hydrogen) atoms. The molecule has 0 bridgehead atoms. The van der Waals surface area contributed by atoms with Crippen molar-refractivity contribution in [1.29, 1.82) is 0 Å². The Bertz CT molecular complexity index is 1040. The third-order valence-electron chi connectivity index (χ3n) is 5.02. The number of hydrogen-bond donors (Lipinski definition) is 2. The molecule has 2 aliphatic rings. The molecule has 1 unspecified atom stereocenters. The van der Waals surface area contributed by atoms with E-state index in [-0.39, 0.29) is 16.6 Å². The zero-order chi connectivity index (χ0) is 19.0. The molecular formula is C20H21N3O3S. The number of nitrogens with zero attached hydrogens (tertiary/aromatic N) is 1. The van der Waals surface area contributed by atoms with E-state index in [0.717, 1.165) is 24.9 Å². The summed E-state index contributed by atoms with van der Waals surface area (Å²) in [6.07, 6.45) is 4.29. The predicted molar refractivity (Wildman–Crippen MR) is 104 cm³/mol. The minimum Gasteiger partial charge on any atom is -0.324 e. The molecule has 7 heteroatoms. The van der Waals surface area contributed by atoms with Crippen molar-refractivity contribution in [3.05, 3.63) is 59.2 Å². The maximum absolute atomic E-state index is 12.7. The molecule has 4 rings (SSSR count). The summed E-state index contributed by atoms with van der Waals surface area (Å²) in [5.74, 6) is -0.0478. The van der Waals surface area contributed by atoms with Gasteiger partial charge in [-0.05, 0) is 61.9 Å². The number of rotatable bonds is 3. The lowest BCUT2D eigenvalue weighted by Crippen LogP contribution is -2.29. The quantitative estimate of drug-likeness (QED) is 0.854. The number of hydrogen-bond acceptors (Lipinski definition) is 4. The fourth-order valence-corrected chi connectivity index (χ4v) is 4.86. The third kappa shape index (κ3) is 3.35. The van der Waals surface area contributed by atoms with Crippen LogP contribution in [0.1, 0.15) is 36.5 Å². The Morgan fingerprint density at radius 3 is 2.74 bits per heavy atom. The summed E-state index contributed by atoms with van der Waals surface area (Å²) in [5, 5.41) is 2.97. The minimum absolute atomic E-state index is 0.188. The van der Waals surface area contributed by atoms with Gasteiger partial charge in [-0.1, -0.05) is 24.3 Å². The number of carbonyl (C=O) groups is 1. The Labute approximate surface area is 158 Å². The summed E-state index contributed by atoms with van der Waals surface area (Å²) >= 11 is 0. The second kappa shape index (κ2) is 6.81. The summed E-state index contributed by atoms with van der Waals surface area (Å²) in [6, 6.07) is 11.9. The Morgan fingerprint density at radius 1 is 1.11 bits per heavy atom. The number of aryl methyl sites for hydroxylation is 1. The molecule has 6 nitrogen and oxygen atoms in total. The van der Waals surface area contributed by atoms with Gasteiger partial charge in [0.15, 0.2) is 0 Å². The van der Waals surface area contributed by atoms with E-state index in [4.69, 9.17) is 0 Å². The van der Waals surface area contributed by atoms with Gasteiger partial charge in [0.05, 0.1) is 4.90 Å². The van der Waals surface area contributed by atoms with Crippen LogP contribution >= 0.6 is 0 Å². The number of amidine groups is 1. The number of amides is 1. The molecule has 1 amide bonds. The van der Waals surface area contributed by atoms with E-state index in [1.807, 2.05) is 12.1 Å². The molecule has 1 aliphatic heterocycles. The lowest BCUT2D eigenvalue weighted by atomic mass is 9.90. The molecule has 0 aromatic heterocycles. The van der Waals surface area contributed by atoms with Crippen LogP contribution in [0, 0.1) is 0 Å². The van der Waals surface area contributed by atoms with Gasteiger partial charge in [0, 0.05) is 11.3 Å². The van der Waals surface area contributed by atoms with Crippen LogP contribution in [0.5, 0.6) is 0 Å². The SMILES string of the molecule is CC(N=C1NS(=O)(=O)c2ccccc21)C(=O)Nc1cccc2c1CCCC2. The fourth-order valence-electron chi connectivity index (χ4n) is 3.62. The molecule has 2 N–H and O–H groups in total. The topological polar surface area (TPSA) is 87.6 Å². The van der Waals surface area contributed by atoms with Gasteiger partial charge in [0.2, 0.25) is 5.91 Å². The highest BCUT2D eigenvalue weighted by Gasteiger charge is 2.31. The highest BCUT2D eigenvalue weighted by Crippen LogP contribution is 2.28. The average Bonchev–Trinajstić information content (AvgIpc) is 2.92. The molecule has 2 aromatic carbocycles. The molecule has 0 saturated carbocycles. The largest absolute Gasteiger partial charge is 0.324 e. The summed E-state index contributed by atoms with van der Waals surface area (Å²) in [7, 11) is -3.61. The van der Waals surface area contributed by atoms with Crippen molar-refractivity contribution in [1.82, 2.24) is 4.72 Å². The number of fused-ring (bicyclic) bond motifs is 2. The molecule has 0 saturated heterocycles. The number of benzene rings is 2. The van der Waals surface area contributed by atoms with Gasteiger partial charge in [-0.3, -0.25) is 14.5 Å². The van der Waals surface area contributed by atoms with Crippen molar-refractivity contribution in [3.8, 4) is 0 Å². The lowest BCUT2D eigenvalue weighted by Gasteiger charge is -2.20. The maximum Gasteiger partial charge on any atom is 0.263 e. The first-order valence-electron chi connectivity index (χ1n) is 9.07. The van der Waals surface area contributed by atoms with E-state index < -0.39 is 16.1 Å². The van der Waals surface area contributed by atoms with Crippen molar-refractivity contribution in [3.63, 3.8) is 0 Å². The van der Waals surface area contributed by atoms with Crippen LogP contribution in [0.4, 0.5) is 5.69 Å². The second-order valence-corrected chi connectivity index (χ2v) is 8.55. The summed E-state index contributed by atoms with van der Waals surface area (Å²) in [6.45, 7) is 1.66. The normalized spacial score (nSPS) is 19.7. The van der Waals surface area contributed by atoms with E-state index in [1.54, 1.807) is 25.1 Å². The van der Waals surface area contributed by atoms with Crippen LogP contribution < -0.4 is 10.0 Å². The molecule has 1 aliphatic carbocycles. The van der Waals surface area contributed by atoms with Crippen LogP contribution in [0.2, 0.25) is 0 Å². The molecule has 1 atom stereocenters. The van der Waals surface area contributed by atoms with E-state index in [2.05, 4.69) is 21.1 Å². The molecular weight excluding hydrogens is 362 g/mol. The smallest absolute Gasteiger partial charge is 0.263 e. The van der Waals surface area contributed by atoms with Crippen LogP contribution in [-0.2, 0) is 27.7 Å². The highest BCUT2D eigenvalue weighted by molar-refractivity contribution is 7.90.